The third-order valence-corrected chi connectivity index (χ3v) is 5.46. The van der Waals surface area contributed by atoms with E-state index in [1.165, 1.54) is 0 Å². The van der Waals surface area contributed by atoms with Gasteiger partial charge in [0.15, 0.2) is 0 Å². The Morgan fingerprint density at radius 3 is 2.44 bits per heavy atom. The monoisotopic (exact) mass is 421 g/mol. The Bertz CT molecular complexity index is 528. The molecule has 0 amide bonds. The van der Waals surface area contributed by atoms with Gasteiger partial charge in [-0.05, 0) is 31.3 Å². The maximum atomic E-state index is 10.7. The molecule has 10 nitrogen and oxygen atoms in total. The smallest absolute Gasteiger partial charge is 0.394 e. The highest BCUT2D eigenvalue weighted by atomic mass is 32.3. The standard InChI is InChI=1S/C12H23NO9S3/c1-23-5-3-2-4-8(13-22-25(18,19)20)24-12-11(17)10(16)9(15)7(6-14)21-12/h7,9-12,14-17H,2-6H2,1H3,(H,18,19,20)/b13-8+. The zero-order valence-corrected chi connectivity index (χ0v) is 15.9. The molecule has 0 radical (unpaired) electrons. The van der Waals surface area contributed by atoms with E-state index >= 15 is 0 Å². The van der Waals surface area contributed by atoms with Crippen molar-refractivity contribution in [2.75, 3.05) is 18.6 Å². The molecule has 13 heteroatoms. The fraction of sp³-hybridized carbons (Fsp3) is 0.917. The first-order valence-electron chi connectivity index (χ1n) is 7.38. The van der Waals surface area contributed by atoms with Crippen molar-refractivity contribution >= 4 is 39.0 Å². The minimum Gasteiger partial charge on any atom is -0.394 e. The van der Waals surface area contributed by atoms with Gasteiger partial charge < -0.3 is 25.2 Å². The summed E-state index contributed by atoms with van der Waals surface area (Å²) in [5.74, 6) is 0.886. The molecule has 0 spiro atoms. The first-order chi connectivity index (χ1) is 11.7. The second-order valence-electron chi connectivity index (χ2n) is 5.25. The maximum absolute atomic E-state index is 10.7. The van der Waals surface area contributed by atoms with E-state index in [-0.39, 0.29) is 11.5 Å². The van der Waals surface area contributed by atoms with Crippen molar-refractivity contribution in [3.63, 3.8) is 0 Å². The second-order valence-corrected chi connectivity index (χ2v) is 8.41. The van der Waals surface area contributed by atoms with Gasteiger partial charge in [0.25, 0.3) is 0 Å². The highest BCUT2D eigenvalue weighted by Gasteiger charge is 2.44. The van der Waals surface area contributed by atoms with Crippen LogP contribution in [0.1, 0.15) is 19.3 Å². The van der Waals surface area contributed by atoms with E-state index in [0.717, 1.165) is 23.9 Å². The number of thioether (sulfide) groups is 2. The third-order valence-electron chi connectivity index (χ3n) is 3.32. The average molecular weight is 422 g/mol. The minimum absolute atomic E-state index is 0.114. The van der Waals surface area contributed by atoms with Crippen LogP contribution in [0, 0.1) is 0 Å². The third kappa shape index (κ3) is 7.97. The zero-order valence-electron chi connectivity index (χ0n) is 13.5. The van der Waals surface area contributed by atoms with Crippen LogP contribution in [0.3, 0.4) is 0 Å². The lowest BCUT2D eigenvalue weighted by molar-refractivity contribution is -0.205. The normalized spacial score (nSPS) is 31.1. The number of hydrogen-bond acceptors (Lipinski definition) is 11. The van der Waals surface area contributed by atoms with E-state index < -0.39 is 46.9 Å². The highest BCUT2D eigenvalue weighted by Crippen LogP contribution is 2.30. The van der Waals surface area contributed by atoms with Crippen molar-refractivity contribution in [1.82, 2.24) is 0 Å². The van der Waals surface area contributed by atoms with Gasteiger partial charge in [0.1, 0.15) is 34.9 Å². The molecule has 1 heterocycles. The average Bonchev–Trinajstić information content (AvgIpc) is 2.55. The van der Waals surface area contributed by atoms with Gasteiger partial charge in [-0.3, -0.25) is 4.55 Å². The molecule has 0 aromatic heterocycles. The number of unbranched alkanes of at least 4 members (excludes halogenated alkanes) is 1. The van der Waals surface area contributed by atoms with E-state index in [1.807, 2.05) is 6.26 Å². The van der Waals surface area contributed by atoms with Crippen LogP contribution in [0.5, 0.6) is 0 Å². The van der Waals surface area contributed by atoms with Crippen LogP contribution in [0.2, 0.25) is 0 Å². The van der Waals surface area contributed by atoms with Crippen LogP contribution >= 0.6 is 23.5 Å². The van der Waals surface area contributed by atoms with Gasteiger partial charge in [-0.25, -0.2) is 4.28 Å². The molecule has 1 rings (SSSR count). The van der Waals surface area contributed by atoms with Gasteiger partial charge in [-0.1, -0.05) is 16.9 Å². The van der Waals surface area contributed by atoms with E-state index in [9.17, 15) is 28.8 Å². The predicted molar refractivity (Wildman–Crippen MR) is 93.7 cm³/mol. The lowest BCUT2D eigenvalue weighted by Crippen LogP contribution is -2.57. The molecule has 0 aromatic rings. The summed E-state index contributed by atoms with van der Waals surface area (Å²) >= 11 is 2.43. The lowest BCUT2D eigenvalue weighted by atomic mass is 10.0. The van der Waals surface area contributed by atoms with Gasteiger partial charge in [0.2, 0.25) is 0 Å². The van der Waals surface area contributed by atoms with Crippen molar-refractivity contribution in [2.45, 2.75) is 49.1 Å². The molecule has 5 atom stereocenters. The number of ether oxygens (including phenoxy) is 1. The Labute approximate surface area is 154 Å². The Morgan fingerprint density at radius 2 is 1.88 bits per heavy atom. The molecule has 0 bridgehead atoms. The number of oxime groups is 1. The molecule has 1 aliphatic heterocycles. The van der Waals surface area contributed by atoms with Crippen molar-refractivity contribution in [1.29, 1.82) is 0 Å². The van der Waals surface area contributed by atoms with E-state index in [1.54, 1.807) is 11.8 Å². The van der Waals surface area contributed by atoms with Crippen LogP contribution in [0.4, 0.5) is 0 Å². The van der Waals surface area contributed by atoms with E-state index in [0.29, 0.717) is 6.42 Å². The molecule has 148 valence electrons. The summed E-state index contributed by atoms with van der Waals surface area (Å²) in [5.41, 5.74) is -1.11. The van der Waals surface area contributed by atoms with Crippen LogP contribution < -0.4 is 0 Å². The molecule has 5 N–H and O–H groups in total. The Balaban J connectivity index is 2.80. The zero-order chi connectivity index (χ0) is 19.0. The highest BCUT2D eigenvalue weighted by molar-refractivity contribution is 8.14. The second kappa shape index (κ2) is 10.9. The van der Waals surface area contributed by atoms with Gasteiger partial charge in [0.05, 0.1) is 6.61 Å². The molecule has 0 aromatic carbocycles. The fourth-order valence-corrected chi connectivity index (χ4v) is 3.87. The molecule has 1 saturated heterocycles. The fourth-order valence-electron chi connectivity index (χ4n) is 2.04. The van der Waals surface area contributed by atoms with E-state index in [4.69, 9.17) is 9.29 Å². The van der Waals surface area contributed by atoms with Gasteiger partial charge in [-0.15, -0.1) is 0 Å². The molecule has 1 aliphatic rings. The largest absolute Gasteiger partial charge is 0.466 e. The van der Waals surface area contributed by atoms with Crippen LogP contribution in [-0.4, -0.2) is 86.9 Å². The first-order valence-corrected chi connectivity index (χ1v) is 11.0. The maximum Gasteiger partial charge on any atom is 0.466 e. The van der Waals surface area contributed by atoms with Gasteiger partial charge >= 0.3 is 10.4 Å². The van der Waals surface area contributed by atoms with Crippen molar-refractivity contribution in [2.24, 2.45) is 5.16 Å². The van der Waals surface area contributed by atoms with Gasteiger partial charge in [0, 0.05) is 0 Å². The Kier molecular flexibility index (Phi) is 9.98. The molecule has 0 aliphatic carbocycles. The van der Waals surface area contributed by atoms with Crippen molar-refractivity contribution in [3.8, 4) is 0 Å². The van der Waals surface area contributed by atoms with Gasteiger partial charge in [-0.2, -0.15) is 20.2 Å². The van der Waals surface area contributed by atoms with Crippen LogP contribution in [0.25, 0.3) is 0 Å². The topological polar surface area (TPSA) is 166 Å². The quantitative estimate of drug-likeness (QED) is 0.104. The number of rotatable bonds is 9. The number of hydrogen-bond donors (Lipinski definition) is 5. The molecular weight excluding hydrogens is 398 g/mol. The summed E-state index contributed by atoms with van der Waals surface area (Å²) in [6.07, 6.45) is -1.94. The SMILES string of the molecule is CSCCCC/C(=N\OS(=O)(=O)O)SC1OC(CO)C(O)C(O)C1O. The lowest BCUT2D eigenvalue weighted by Gasteiger charge is -2.39. The molecular formula is C12H23NO9S3. The summed E-state index contributed by atoms with van der Waals surface area (Å²) in [6, 6.07) is 0. The summed E-state index contributed by atoms with van der Waals surface area (Å²) in [7, 11) is -4.78. The summed E-state index contributed by atoms with van der Waals surface area (Å²) in [5, 5.41) is 42.2. The van der Waals surface area contributed by atoms with Crippen molar-refractivity contribution in [3.05, 3.63) is 0 Å². The Hall–Kier alpha value is -0.120. The first kappa shape index (κ1) is 22.9. The molecule has 5 unspecified atom stereocenters. The predicted octanol–water partition coefficient (Wildman–Crippen LogP) is -0.814. The molecule has 25 heavy (non-hydrogen) atoms. The van der Waals surface area contributed by atoms with Crippen LogP contribution in [-0.2, 0) is 19.4 Å². The summed E-state index contributed by atoms with van der Waals surface area (Å²) in [4.78, 5) is 0. The number of aliphatic hydroxyl groups is 4. The summed E-state index contributed by atoms with van der Waals surface area (Å²) in [6.45, 7) is -0.580. The number of nitrogens with zero attached hydrogens (tertiary/aromatic N) is 1. The Morgan fingerprint density at radius 1 is 1.20 bits per heavy atom. The van der Waals surface area contributed by atoms with Crippen LogP contribution in [0.15, 0.2) is 5.16 Å². The van der Waals surface area contributed by atoms with E-state index in [2.05, 4.69) is 9.44 Å². The summed E-state index contributed by atoms with van der Waals surface area (Å²) < 4.78 is 39.4. The number of aliphatic hydroxyl groups excluding tert-OH is 4. The molecule has 0 saturated carbocycles. The molecule has 1 fully saturated rings. The minimum atomic E-state index is -4.78. The van der Waals surface area contributed by atoms with Crippen molar-refractivity contribution < 1.29 is 42.4 Å².